The van der Waals surface area contributed by atoms with Crippen LogP contribution in [0.25, 0.3) is 0 Å². The molecule has 0 saturated carbocycles. The molecule has 3 rings (SSSR count). The van der Waals surface area contributed by atoms with Crippen LogP contribution in [0.2, 0.25) is 0 Å². The van der Waals surface area contributed by atoms with Crippen LogP contribution in [0, 0.1) is 13.8 Å². The van der Waals surface area contributed by atoms with Crippen LogP contribution < -0.4 is 10.6 Å². The molecule has 1 heterocycles. The van der Waals surface area contributed by atoms with Gasteiger partial charge in [-0.15, -0.1) is 0 Å². The molecule has 2 aromatic rings. The molecule has 20 heavy (non-hydrogen) atoms. The average molecular weight is 266 g/mol. The molecule has 0 bridgehead atoms. The molecular formula is C18H22N2. The smallest absolute Gasteiger partial charge is 0.0475 e. The highest BCUT2D eigenvalue weighted by atomic mass is 15.2. The van der Waals surface area contributed by atoms with Crippen LogP contribution in [0.4, 0.5) is 5.69 Å². The van der Waals surface area contributed by atoms with Crippen LogP contribution in [0.3, 0.4) is 0 Å². The van der Waals surface area contributed by atoms with E-state index in [9.17, 15) is 0 Å². The van der Waals surface area contributed by atoms with Gasteiger partial charge in [0, 0.05) is 24.8 Å². The molecular weight excluding hydrogens is 244 g/mol. The van der Waals surface area contributed by atoms with Crippen molar-refractivity contribution in [3.05, 3.63) is 64.7 Å². The molecule has 1 atom stereocenters. The quantitative estimate of drug-likeness (QED) is 0.923. The van der Waals surface area contributed by atoms with Crippen LogP contribution in [0.15, 0.2) is 42.5 Å². The predicted molar refractivity (Wildman–Crippen MR) is 85.2 cm³/mol. The standard InChI is InChI=1S/C18H22N2/c1-13-7-8-16(14(2)11-13)17(19)12-20-10-9-15-5-3-4-6-18(15)20/h3-8,11,17H,9-10,12,19H2,1-2H3. The molecule has 0 aromatic heterocycles. The second-order valence-corrected chi connectivity index (χ2v) is 5.79. The third-order valence-electron chi connectivity index (χ3n) is 4.23. The number of fused-ring (bicyclic) bond motifs is 1. The van der Waals surface area contributed by atoms with Crippen LogP contribution in [-0.2, 0) is 6.42 Å². The Labute approximate surface area is 121 Å². The molecule has 1 aliphatic heterocycles. The van der Waals surface area contributed by atoms with Crippen molar-refractivity contribution < 1.29 is 0 Å². The maximum absolute atomic E-state index is 6.44. The maximum atomic E-state index is 6.44. The summed E-state index contributed by atoms with van der Waals surface area (Å²) in [7, 11) is 0. The van der Waals surface area contributed by atoms with E-state index in [1.165, 1.54) is 27.9 Å². The highest BCUT2D eigenvalue weighted by Gasteiger charge is 2.21. The van der Waals surface area contributed by atoms with Crippen molar-refractivity contribution in [2.45, 2.75) is 26.3 Å². The van der Waals surface area contributed by atoms with E-state index in [0.29, 0.717) is 0 Å². The highest BCUT2D eigenvalue weighted by molar-refractivity contribution is 5.58. The summed E-state index contributed by atoms with van der Waals surface area (Å²) in [5.74, 6) is 0. The summed E-state index contributed by atoms with van der Waals surface area (Å²) >= 11 is 0. The van der Waals surface area contributed by atoms with Crippen molar-refractivity contribution in [1.29, 1.82) is 0 Å². The fourth-order valence-corrected chi connectivity index (χ4v) is 3.17. The SMILES string of the molecule is Cc1ccc(C(N)CN2CCc3ccccc32)c(C)c1. The van der Waals surface area contributed by atoms with Crippen molar-refractivity contribution in [1.82, 2.24) is 0 Å². The summed E-state index contributed by atoms with van der Waals surface area (Å²) in [6.07, 6.45) is 1.13. The fraction of sp³-hybridized carbons (Fsp3) is 0.333. The van der Waals surface area contributed by atoms with Gasteiger partial charge in [-0.3, -0.25) is 0 Å². The van der Waals surface area contributed by atoms with Crippen molar-refractivity contribution in [3.8, 4) is 0 Å². The Kier molecular flexibility index (Phi) is 3.49. The van der Waals surface area contributed by atoms with E-state index < -0.39 is 0 Å². The van der Waals surface area contributed by atoms with Crippen molar-refractivity contribution >= 4 is 5.69 Å². The van der Waals surface area contributed by atoms with Gasteiger partial charge in [0.25, 0.3) is 0 Å². The van der Waals surface area contributed by atoms with E-state index in [2.05, 4.69) is 61.2 Å². The number of benzene rings is 2. The van der Waals surface area contributed by atoms with Gasteiger partial charge in [0.05, 0.1) is 0 Å². The number of hydrogen-bond donors (Lipinski definition) is 1. The van der Waals surface area contributed by atoms with Crippen LogP contribution in [0.5, 0.6) is 0 Å². The first kappa shape index (κ1) is 13.2. The zero-order chi connectivity index (χ0) is 14.1. The number of para-hydroxylation sites is 1. The fourth-order valence-electron chi connectivity index (χ4n) is 3.17. The second kappa shape index (κ2) is 5.29. The van der Waals surface area contributed by atoms with Gasteiger partial charge in [-0.2, -0.15) is 0 Å². The van der Waals surface area contributed by atoms with Gasteiger partial charge in [0.2, 0.25) is 0 Å². The third-order valence-corrected chi connectivity index (χ3v) is 4.23. The maximum Gasteiger partial charge on any atom is 0.0475 e. The molecule has 0 spiro atoms. The summed E-state index contributed by atoms with van der Waals surface area (Å²) in [4.78, 5) is 2.42. The average Bonchev–Trinajstić information content (AvgIpc) is 2.82. The van der Waals surface area contributed by atoms with Gasteiger partial charge in [-0.25, -0.2) is 0 Å². The van der Waals surface area contributed by atoms with Crippen LogP contribution in [-0.4, -0.2) is 13.1 Å². The normalized spacial score (nSPS) is 15.2. The van der Waals surface area contributed by atoms with Crippen molar-refractivity contribution in [2.24, 2.45) is 5.73 Å². The van der Waals surface area contributed by atoms with Gasteiger partial charge in [0.15, 0.2) is 0 Å². The molecule has 0 amide bonds. The molecule has 2 aromatic carbocycles. The molecule has 2 N–H and O–H groups in total. The zero-order valence-corrected chi connectivity index (χ0v) is 12.3. The Morgan fingerprint density at radius 3 is 2.75 bits per heavy atom. The summed E-state index contributed by atoms with van der Waals surface area (Å²) in [6.45, 7) is 6.25. The van der Waals surface area contributed by atoms with E-state index in [-0.39, 0.29) is 6.04 Å². The number of nitrogens with zero attached hydrogens (tertiary/aromatic N) is 1. The summed E-state index contributed by atoms with van der Waals surface area (Å²) in [6, 6.07) is 15.3. The summed E-state index contributed by atoms with van der Waals surface area (Å²) in [5, 5.41) is 0. The lowest BCUT2D eigenvalue weighted by molar-refractivity contribution is 0.677. The number of rotatable bonds is 3. The largest absolute Gasteiger partial charge is 0.369 e. The minimum atomic E-state index is 0.0711. The Morgan fingerprint density at radius 2 is 1.95 bits per heavy atom. The number of nitrogens with two attached hydrogens (primary N) is 1. The van der Waals surface area contributed by atoms with Gasteiger partial charge in [0.1, 0.15) is 0 Å². The second-order valence-electron chi connectivity index (χ2n) is 5.79. The minimum absolute atomic E-state index is 0.0711. The molecule has 2 heteroatoms. The number of anilines is 1. The van der Waals surface area contributed by atoms with Crippen LogP contribution in [0.1, 0.15) is 28.3 Å². The lowest BCUT2D eigenvalue weighted by Crippen LogP contribution is -2.31. The predicted octanol–water partition coefficient (Wildman–Crippen LogP) is 3.37. The first-order valence-electron chi connectivity index (χ1n) is 7.31. The molecule has 104 valence electrons. The van der Waals surface area contributed by atoms with E-state index in [0.717, 1.165) is 19.5 Å². The third kappa shape index (κ3) is 2.44. The molecule has 1 aliphatic rings. The molecule has 0 aliphatic carbocycles. The topological polar surface area (TPSA) is 29.3 Å². The van der Waals surface area contributed by atoms with E-state index in [1.807, 2.05) is 0 Å². The van der Waals surface area contributed by atoms with Gasteiger partial charge < -0.3 is 10.6 Å². The first-order chi connectivity index (χ1) is 9.65. The highest BCUT2D eigenvalue weighted by Crippen LogP contribution is 2.29. The van der Waals surface area contributed by atoms with Crippen molar-refractivity contribution in [2.75, 3.05) is 18.0 Å². The monoisotopic (exact) mass is 266 g/mol. The zero-order valence-electron chi connectivity index (χ0n) is 12.3. The molecule has 2 nitrogen and oxygen atoms in total. The first-order valence-corrected chi connectivity index (χ1v) is 7.31. The summed E-state index contributed by atoms with van der Waals surface area (Å²) in [5.41, 5.74) is 13.1. The number of aryl methyl sites for hydroxylation is 2. The van der Waals surface area contributed by atoms with E-state index in [4.69, 9.17) is 5.73 Å². The van der Waals surface area contributed by atoms with Gasteiger partial charge in [-0.05, 0) is 43.0 Å². The van der Waals surface area contributed by atoms with Gasteiger partial charge >= 0.3 is 0 Å². The Morgan fingerprint density at radius 1 is 1.15 bits per heavy atom. The molecule has 1 unspecified atom stereocenters. The Bertz CT molecular complexity index is 619. The Balaban J connectivity index is 1.79. The molecule has 0 fully saturated rings. The minimum Gasteiger partial charge on any atom is -0.369 e. The summed E-state index contributed by atoms with van der Waals surface area (Å²) < 4.78 is 0. The molecule has 0 radical (unpaired) electrons. The lowest BCUT2D eigenvalue weighted by Gasteiger charge is -2.25. The molecule has 0 saturated heterocycles. The lowest BCUT2D eigenvalue weighted by atomic mass is 9.99. The van der Waals surface area contributed by atoms with E-state index in [1.54, 1.807) is 0 Å². The Hall–Kier alpha value is -1.80. The van der Waals surface area contributed by atoms with Crippen molar-refractivity contribution in [3.63, 3.8) is 0 Å². The van der Waals surface area contributed by atoms with Crippen LogP contribution >= 0.6 is 0 Å². The van der Waals surface area contributed by atoms with Gasteiger partial charge in [-0.1, -0.05) is 42.0 Å². The number of hydrogen-bond acceptors (Lipinski definition) is 2. The van der Waals surface area contributed by atoms with E-state index >= 15 is 0 Å².